The lowest BCUT2D eigenvalue weighted by molar-refractivity contribution is -0.137. The van der Waals surface area contributed by atoms with Gasteiger partial charge < -0.3 is 26.2 Å². The number of hydrogen-bond donors (Lipinski definition) is 4. The molecule has 0 radical (unpaired) electrons. The lowest BCUT2D eigenvalue weighted by Crippen LogP contribution is -2.41. The fourth-order valence-electron chi connectivity index (χ4n) is 4.83. The molecular weight excluding hydrogens is 490 g/mol. The van der Waals surface area contributed by atoms with Crippen LogP contribution in [-0.2, 0) is 11.0 Å². The summed E-state index contributed by atoms with van der Waals surface area (Å²) in [6.07, 6.45) is -1.26. The maximum absolute atomic E-state index is 14.9. The van der Waals surface area contributed by atoms with Crippen molar-refractivity contribution in [2.24, 2.45) is 5.92 Å². The summed E-state index contributed by atoms with van der Waals surface area (Å²) in [7, 11) is 0. The molecule has 1 amide bonds. The van der Waals surface area contributed by atoms with Gasteiger partial charge >= 0.3 is 6.18 Å². The van der Waals surface area contributed by atoms with Crippen LogP contribution in [0.1, 0.15) is 45.1 Å². The molecule has 1 aromatic heterocycles. The number of hydrogen-bond acceptors (Lipinski definition) is 7. The van der Waals surface area contributed by atoms with Gasteiger partial charge in [-0.1, -0.05) is 6.42 Å². The van der Waals surface area contributed by atoms with Crippen molar-refractivity contribution in [2.75, 3.05) is 41.7 Å². The molecule has 2 atom stereocenters. The Morgan fingerprint density at radius 1 is 1.16 bits per heavy atom. The van der Waals surface area contributed by atoms with Gasteiger partial charge in [0.05, 0.1) is 11.6 Å². The van der Waals surface area contributed by atoms with Crippen molar-refractivity contribution in [3.05, 3.63) is 35.8 Å². The number of halogens is 4. The van der Waals surface area contributed by atoms with Crippen LogP contribution in [-0.4, -0.2) is 54.1 Å². The molecule has 1 aliphatic heterocycles. The zero-order valence-electron chi connectivity index (χ0n) is 21.0. The lowest BCUT2D eigenvalue weighted by Gasteiger charge is -2.24. The zero-order valence-corrected chi connectivity index (χ0v) is 21.0. The standard InChI is InChI=1S/C25H33F4N7O/c1-15(2)32-23(37)17-5-3-6-20(17)34-22-18(25(27,28)29)14-31-24(35-22)33-16-7-8-21(19(26)13-16)36-11-4-9-30-10-12-36/h7-8,13-15,17,20,30H,3-6,9-12H2,1-2H3,(H,32,37)(H2,31,33,34,35)/t17-,20-/m0/s1. The van der Waals surface area contributed by atoms with E-state index in [0.29, 0.717) is 43.4 Å². The Kier molecular flexibility index (Phi) is 8.35. The van der Waals surface area contributed by atoms with Crippen molar-refractivity contribution in [2.45, 2.75) is 57.8 Å². The Balaban J connectivity index is 1.54. The second-order valence-electron chi connectivity index (χ2n) is 9.79. The average Bonchev–Trinajstić information content (AvgIpc) is 3.11. The number of amides is 1. The SMILES string of the molecule is CC(C)NC(=O)[C@H]1CCC[C@@H]1Nc1nc(Nc2ccc(N3CCCNCC3)c(F)c2)ncc1C(F)(F)F. The number of aromatic nitrogens is 2. The number of rotatable bonds is 7. The minimum absolute atomic E-state index is 0.0721. The summed E-state index contributed by atoms with van der Waals surface area (Å²) in [6.45, 7) is 6.71. The van der Waals surface area contributed by atoms with E-state index in [1.54, 1.807) is 12.1 Å². The summed E-state index contributed by atoms with van der Waals surface area (Å²) in [5.41, 5.74) is -0.240. The molecule has 1 saturated heterocycles. The highest BCUT2D eigenvalue weighted by atomic mass is 19.4. The quantitative estimate of drug-likeness (QED) is 0.403. The molecule has 2 heterocycles. The second-order valence-corrected chi connectivity index (χ2v) is 9.79. The van der Waals surface area contributed by atoms with Crippen molar-refractivity contribution >= 4 is 29.0 Å². The van der Waals surface area contributed by atoms with Gasteiger partial charge in [0.1, 0.15) is 17.2 Å². The van der Waals surface area contributed by atoms with Crippen LogP contribution < -0.4 is 26.2 Å². The van der Waals surface area contributed by atoms with Gasteiger partial charge in [0.25, 0.3) is 0 Å². The zero-order chi connectivity index (χ0) is 26.6. The Morgan fingerprint density at radius 3 is 2.70 bits per heavy atom. The molecule has 37 heavy (non-hydrogen) atoms. The van der Waals surface area contributed by atoms with Crippen molar-refractivity contribution in [1.82, 2.24) is 20.6 Å². The van der Waals surface area contributed by atoms with Gasteiger partial charge in [0.2, 0.25) is 11.9 Å². The summed E-state index contributed by atoms with van der Waals surface area (Å²) in [5.74, 6) is -1.62. The first-order valence-electron chi connectivity index (χ1n) is 12.6. The Hall–Kier alpha value is -3.15. The van der Waals surface area contributed by atoms with E-state index in [0.717, 1.165) is 26.1 Å². The van der Waals surface area contributed by atoms with Crippen molar-refractivity contribution in [3.8, 4) is 0 Å². The predicted octanol–water partition coefficient (Wildman–Crippen LogP) is 4.28. The van der Waals surface area contributed by atoms with E-state index in [4.69, 9.17) is 0 Å². The first-order valence-corrected chi connectivity index (χ1v) is 12.6. The summed E-state index contributed by atoms with van der Waals surface area (Å²) in [5, 5.41) is 11.8. The van der Waals surface area contributed by atoms with Crippen molar-refractivity contribution < 1.29 is 22.4 Å². The number of nitrogens with zero attached hydrogens (tertiary/aromatic N) is 3. The molecule has 2 aromatic rings. The van der Waals surface area contributed by atoms with E-state index >= 15 is 0 Å². The number of nitrogens with one attached hydrogen (secondary N) is 4. The van der Waals surface area contributed by atoms with Crippen LogP contribution in [0.3, 0.4) is 0 Å². The molecular formula is C25H33F4N7O. The van der Waals surface area contributed by atoms with Crippen LogP contribution in [0.4, 0.5) is 40.7 Å². The fraction of sp³-hybridized carbons (Fsp3) is 0.560. The summed E-state index contributed by atoms with van der Waals surface area (Å²) in [6, 6.07) is 4.00. The molecule has 0 bridgehead atoms. The van der Waals surface area contributed by atoms with Gasteiger partial charge in [-0.05, 0) is 57.9 Å². The molecule has 12 heteroatoms. The van der Waals surface area contributed by atoms with Gasteiger partial charge in [-0.25, -0.2) is 9.37 Å². The highest BCUT2D eigenvalue weighted by molar-refractivity contribution is 5.80. The Bertz CT molecular complexity index is 1090. The Labute approximate surface area is 213 Å². The monoisotopic (exact) mass is 523 g/mol. The average molecular weight is 524 g/mol. The molecule has 1 aliphatic carbocycles. The first-order chi connectivity index (χ1) is 17.6. The van der Waals surface area contributed by atoms with Crippen molar-refractivity contribution in [3.63, 3.8) is 0 Å². The largest absolute Gasteiger partial charge is 0.421 e. The third kappa shape index (κ3) is 6.79. The molecule has 1 saturated carbocycles. The number of alkyl halides is 3. The van der Waals surface area contributed by atoms with E-state index in [1.165, 1.54) is 6.07 Å². The van der Waals surface area contributed by atoms with Crippen LogP contribution in [0.2, 0.25) is 0 Å². The maximum atomic E-state index is 14.9. The molecule has 202 valence electrons. The van der Waals surface area contributed by atoms with E-state index in [9.17, 15) is 22.4 Å². The van der Waals surface area contributed by atoms with Crippen LogP contribution in [0, 0.1) is 11.7 Å². The number of carbonyl (C=O) groups excluding carboxylic acids is 1. The summed E-state index contributed by atoms with van der Waals surface area (Å²) < 4.78 is 56.1. The van der Waals surface area contributed by atoms with Crippen LogP contribution in [0.15, 0.2) is 24.4 Å². The third-order valence-electron chi connectivity index (χ3n) is 6.58. The lowest BCUT2D eigenvalue weighted by atomic mass is 10.0. The highest BCUT2D eigenvalue weighted by Gasteiger charge is 2.39. The highest BCUT2D eigenvalue weighted by Crippen LogP contribution is 2.37. The van der Waals surface area contributed by atoms with Crippen LogP contribution in [0.5, 0.6) is 0 Å². The topological polar surface area (TPSA) is 94.2 Å². The normalized spacial score (nSPS) is 20.6. The number of carbonyl (C=O) groups is 1. The Morgan fingerprint density at radius 2 is 1.97 bits per heavy atom. The van der Waals surface area contributed by atoms with Gasteiger partial charge in [-0.2, -0.15) is 18.2 Å². The molecule has 2 aliphatic rings. The van der Waals surface area contributed by atoms with Gasteiger partial charge in [0.15, 0.2) is 0 Å². The van der Waals surface area contributed by atoms with Gasteiger partial charge in [-0.15, -0.1) is 0 Å². The summed E-state index contributed by atoms with van der Waals surface area (Å²) in [4.78, 5) is 22.4. The van der Waals surface area contributed by atoms with E-state index in [-0.39, 0.29) is 17.9 Å². The predicted molar refractivity (Wildman–Crippen MR) is 134 cm³/mol. The van der Waals surface area contributed by atoms with E-state index in [1.807, 2.05) is 18.7 Å². The van der Waals surface area contributed by atoms with E-state index in [2.05, 4.69) is 31.2 Å². The first kappa shape index (κ1) is 26.9. The van der Waals surface area contributed by atoms with Crippen LogP contribution >= 0.6 is 0 Å². The molecule has 4 rings (SSSR count). The second kappa shape index (κ2) is 11.5. The minimum atomic E-state index is -4.69. The molecule has 2 fully saturated rings. The third-order valence-corrected chi connectivity index (χ3v) is 6.58. The molecule has 4 N–H and O–H groups in total. The number of benzene rings is 1. The van der Waals surface area contributed by atoms with E-state index < -0.39 is 35.3 Å². The van der Waals surface area contributed by atoms with Crippen molar-refractivity contribution in [1.29, 1.82) is 0 Å². The summed E-state index contributed by atoms with van der Waals surface area (Å²) >= 11 is 0. The van der Waals surface area contributed by atoms with Gasteiger partial charge in [-0.3, -0.25) is 4.79 Å². The molecule has 0 unspecified atom stereocenters. The fourth-order valence-corrected chi connectivity index (χ4v) is 4.83. The van der Waals surface area contributed by atoms with Gasteiger partial charge in [0, 0.05) is 43.6 Å². The molecule has 1 aromatic carbocycles. The minimum Gasteiger partial charge on any atom is -0.368 e. The maximum Gasteiger partial charge on any atom is 0.421 e. The molecule has 8 nitrogen and oxygen atoms in total. The number of anilines is 4. The van der Waals surface area contributed by atoms with Crippen LogP contribution in [0.25, 0.3) is 0 Å². The molecule has 0 spiro atoms. The smallest absolute Gasteiger partial charge is 0.368 e.